The molecule has 5 rings (SSSR count). The predicted molar refractivity (Wildman–Crippen MR) is 102 cm³/mol. The van der Waals surface area contributed by atoms with Crippen molar-refractivity contribution in [1.82, 2.24) is 19.5 Å². The molecule has 0 N–H and O–H groups in total. The third kappa shape index (κ3) is 3.21. The molecule has 0 amide bonds. The van der Waals surface area contributed by atoms with Crippen molar-refractivity contribution in [2.45, 2.75) is 23.0 Å². The van der Waals surface area contributed by atoms with Crippen LogP contribution in [-0.4, -0.2) is 26.3 Å². The van der Waals surface area contributed by atoms with Gasteiger partial charge in [-0.05, 0) is 30.2 Å². The van der Waals surface area contributed by atoms with E-state index in [4.69, 9.17) is 14.5 Å². The van der Waals surface area contributed by atoms with Gasteiger partial charge in [-0.1, -0.05) is 42.1 Å². The van der Waals surface area contributed by atoms with Crippen molar-refractivity contribution in [3.8, 4) is 11.5 Å². The first-order valence-electron chi connectivity index (χ1n) is 8.64. The zero-order chi connectivity index (χ0) is 18.1. The van der Waals surface area contributed by atoms with Crippen LogP contribution in [-0.2, 0) is 13.0 Å². The molecule has 1 aliphatic heterocycles. The summed E-state index contributed by atoms with van der Waals surface area (Å²) in [5.74, 6) is 1.55. The Hall–Kier alpha value is -3.06. The van der Waals surface area contributed by atoms with E-state index in [0.717, 1.165) is 45.7 Å². The maximum Gasteiger partial charge on any atom is 0.231 e. The zero-order valence-corrected chi connectivity index (χ0v) is 15.2. The molecule has 0 saturated carbocycles. The fraction of sp³-hybridized carbons (Fsp3) is 0.150. The van der Waals surface area contributed by atoms with Crippen molar-refractivity contribution in [3.05, 3.63) is 66.6 Å². The molecule has 0 aliphatic carbocycles. The molecule has 0 bridgehead atoms. The van der Waals surface area contributed by atoms with Gasteiger partial charge < -0.3 is 14.0 Å². The third-order valence-electron chi connectivity index (χ3n) is 4.40. The number of benzene rings is 2. The number of rotatable bonds is 5. The summed E-state index contributed by atoms with van der Waals surface area (Å²) >= 11 is 1.59. The molecule has 0 saturated heterocycles. The summed E-state index contributed by atoms with van der Waals surface area (Å²) in [4.78, 5) is 14.3. The average Bonchev–Trinajstić information content (AvgIpc) is 3.31. The minimum atomic E-state index is 0.272. The number of aromatic nitrogens is 4. The van der Waals surface area contributed by atoms with E-state index in [1.165, 1.54) is 5.56 Å². The summed E-state index contributed by atoms with van der Waals surface area (Å²) in [6, 6.07) is 16.4. The Bertz CT molecular complexity index is 1100. The SMILES string of the molecule is c1ccc(CCn2c(Sc3ccc4c(c3)OCO4)nc3cncnc32)cc1. The Balaban J connectivity index is 1.47. The molecule has 3 heterocycles. The molecular formula is C20H16N4O2S. The zero-order valence-electron chi connectivity index (χ0n) is 14.4. The summed E-state index contributed by atoms with van der Waals surface area (Å²) in [6.07, 6.45) is 4.23. The second-order valence-electron chi connectivity index (χ2n) is 6.13. The quantitative estimate of drug-likeness (QED) is 0.526. The van der Waals surface area contributed by atoms with Crippen molar-refractivity contribution < 1.29 is 9.47 Å². The van der Waals surface area contributed by atoms with Gasteiger partial charge in [0.1, 0.15) is 11.8 Å². The maximum atomic E-state index is 5.49. The van der Waals surface area contributed by atoms with E-state index in [9.17, 15) is 0 Å². The van der Waals surface area contributed by atoms with E-state index < -0.39 is 0 Å². The van der Waals surface area contributed by atoms with E-state index in [1.807, 2.05) is 24.3 Å². The van der Waals surface area contributed by atoms with Crippen LogP contribution in [0.25, 0.3) is 11.2 Å². The van der Waals surface area contributed by atoms with Gasteiger partial charge in [0.25, 0.3) is 0 Å². The van der Waals surface area contributed by atoms with E-state index in [1.54, 1.807) is 24.3 Å². The lowest BCUT2D eigenvalue weighted by Crippen LogP contribution is -2.04. The van der Waals surface area contributed by atoms with Crippen molar-refractivity contribution >= 4 is 22.9 Å². The average molecular weight is 376 g/mol. The van der Waals surface area contributed by atoms with Crippen LogP contribution in [0, 0.1) is 0 Å². The molecule has 4 aromatic rings. The van der Waals surface area contributed by atoms with Crippen LogP contribution in [0.2, 0.25) is 0 Å². The second-order valence-corrected chi connectivity index (χ2v) is 7.17. The van der Waals surface area contributed by atoms with Crippen molar-refractivity contribution in [2.24, 2.45) is 0 Å². The van der Waals surface area contributed by atoms with Crippen molar-refractivity contribution in [2.75, 3.05) is 6.79 Å². The number of hydrogen-bond acceptors (Lipinski definition) is 6. The lowest BCUT2D eigenvalue weighted by atomic mass is 10.1. The summed E-state index contributed by atoms with van der Waals surface area (Å²) in [6.45, 7) is 1.07. The van der Waals surface area contributed by atoms with Gasteiger partial charge in [0.2, 0.25) is 6.79 Å². The number of hydrogen-bond donors (Lipinski definition) is 0. The first-order valence-corrected chi connectivity index (χ1v) is 9.46. The number of aryl methyl sites for hydroxylation is 2. The van der Waals surface area contributed by atoms with Crippen LogP contribution in [0.1, 0.15) is 5.56 Å². The van der Waals surface area contributed by atoms with Crippen LogP contribution >= 0.6 is 11.8 Å². The smallest absolute Gasteiger partial charge is 0.231 e. The Kier molecular flexibility index (Phi) is 4.14. The molecule has 0 unspecified atom stereocenters. The first-order chi connectivity index (χ1) is 13.4. The summed E-state index contributed by atoms with van der Waals surface area (Å²) in [5, 5.41) is 0.889. The maximum absolute atomic E-state index is 5.49. The Morgan fingerprint density at radius 3 is 2.85 bits per heavy atom. The molecule has 0 radical (unpaired) electrons. The minimum absolute atomic E-state index is 0.272. The van der Waals surface area contributed by atoms with Gasteiger partial charge in [-0.25, -0.2) is 15.0 Å². The predicted octanol–water partition coefficient (Wildman–Crippen LogP) is 3.95. The molecule has 0 atom stereocenters. The van der Waals surface area contributed by atoms with E-state index >= 15 is 0 Å². The van der Waals surface area contributed by atoms with Crippen LogP contribution in [0.5, 0.6) is 11.5 Å². The number of imidazole rings is 1. The number of ether oxygens (including phenoxy) is 2. The molecule has 134 valence electrons. The molecule has 6 nitrogen and oxygen atoms in total. The molecule has 2 aromatic carbocycles. The molecular weight excluding hydrogens is 360 g/mol. The monoisotopic (exact) mass is 376 g/mol. The highest BCUT2D eigenvalue weighted by molar-refractivity contribution is 7.99. The van der Waals surface area contributed by atoms with Crippen LogP contribution in [0.15, 0.2) is 71.1 Å². The topological polar surface area (TPSA) is 62.1 Å². The second kappa shape index (κ2) is 6.92. The van der Waals surface area contributed by atoms with E-state index in [2.05, 4.69) is 38.8 Å². The van der Waals surface area contributed by atoms with Crippen molar-refractivity contribution in [3.63, 3.8) is 0 Å². The molecule has 7 heteroatoms. The summed E-state index contributed by atoms with van der Waals surface area (Å²) < 4.78 is 13.0. The van der Waals surface area contributed by atoms with Gasteiger partial charge >= 0.3 is 0 Å². The summed E-state index contributed by atoms with van der Waals surface area (Å²) in [5.41, 5.74) is 2.94. The Labute approximate surface area is 160 Å². The highest BCUT2D eigenvalue weighted by Gasteiger charge is 2.17. The van der Waals surface area contributed by atoms with E-state index in [-0.39, 0.29) is 6.79 Å². The summed E-state index contributed by atoms with van der Waals surface area (Å²) in [7, 11) is 0. The lowest BCUT2D eigenvalue weighted by molar-refractivity contribution is 0.174. The van der Waals surface area contributed by atoms with Gasteiger partial charge in [0.05, 0.1) is 6.20 Å². The molecule has 1 aliphatic rings. The van der Waals surface area contributed by atoms with Gasteiger partial charge in [0.15, 0.2) is 22.3 Å². The standard InChI is InChI=1S/C20H16N4O2S/c1-2-4-14(5-3-1)8-9-24-19-16(11-21-12-22-19)23-20(24)27-15-6-7-17-18(10-15)26-13-25-17/h1-7,10-12H,8-9,13H2. The fourth-order valence-corrected chi connectivity index (χ4v) is 4.01. The van der Waals surface area contributed by atoms with Crippen molar-refractivity contribution in [1.29, 1.82) is 0 Å². The molecule has 0 fully saturated rings. The van der Waals surface area contributed by atoms with Crippen LogP contribution in [0.4, 0.5) is 0 Å². The van der Waals surface area contributed by atoms with Gasteiger partial charge in [-0.15, -0.1) is 0 Å². The normalized spacial score (nSPS) is 12.6. The Morgan fingerprint density at radius 1 is 1.04 bits per heavy atom. The van der Waals surface area contributed by atoms with Gasteiger partial charge in [0, 0.05) is 11.4 Å². The number of fused-ring (bicyclic) bond motifs is 2. The molecule has 0 spiro atoms. The minimum Gasteiger partial charge on any atom is -0.454 e. The van der Waals surface area contributed by atoms with Gasteiger partial charge in [-0.2, -0.15) is 0 Å². The first kappa shape index (κ1) is 16.1. The van der Waals surface area contributed by atoms with Gasteiger partial charge in [-0.3, -0.25) is 0 Å². The number of nitrogens with zero attached hydrogens (tertiary/aromatic N) is 4. The third-order valence-corrected chi connectivity index (χ3v) is 5.38. The molecule has 2 aromatic heterocycles. The highest BCUT2D eigenvalue weighted by Crippen LogP contribution is 2.38. The van der Waals surface area contributed by atoms with Crippen LogP contribution in [0.3, 0.4) is 0 Å². The van der Waals surface area contributed by atoms with Crippen LogP contribution < -0.4 is 9.47 Å². The Morgan fingerprint density at radius 2 is 1.93 bits per heavy atom. The highest BCUT2D eigenvalue weighted by atomic mass is 32.2. The molecule has 27 heavy (non-hydrogen) atoms. The van der Waals surface area contributed by atoms with E-state index in [0.29, 0.717) is 0 Å². The fourth-order valence-electron chi connectivity index (χ4n) is 3.07. The lowest BCUT2D eigenvalue weighted by Gasteiger charge is -2.09. The largest absolute Gasteiger partial charge is 0.454 e.